The molecule has 3 rings (SSSR count). The van der Waals surface area contributed by atoms with Crippen LogP contribution in [-0.4, -0.2) is 18.4 Å². The van der Waals surface area contributed by atoms with Crippen molar-refractivity contribution in [1.29, 1.82) is 0 Å². The van der Waals surface area contributed by atoms with Gasteiger partial charge in [-0.05, 0) is 30.7 Å². The molecule has 0 bridgehead atoms. The van der Waals surface area contributed by atoms with Crippen LogP contribution in [0.15, 0.2) is 54.6 Å². The van der Waals surface area contributed by atoms with E-state index in [1.165, 1.54) is 0 Å². The van der Waals surface area contributed by atoms with Crippen molar-refractivity contribution in [1.82, 2.24) is 5.32 Å². The van der Waals surface area contributed by atoms with Crippen LogP contribution in [0.1, 0.15) is 24.9 Å². The van der Waals surface area contributed by atoms with Gasteiger partial charge in [0.25, 0.3) is 0 Å². The molecule has 0 aliphatic carbocycles. The normalized spacial score (nSPS) is 18.5. The Morgan fingerprint density at radius 1 is 1.21 bits per heavy atom. The van der Waals surface area contributed by atoms with Gasteiger partial charge < -0.3 is 10.2 Å². The first-order valence-electron chi connectivity index (χ1n) is 7.96. The quantitative estimate of drug-likeness (QED) is 0.923. The van der Waals surface area contributed by atoms with E-state index in [0.717, 1.165) is 11.3 Å². The number of nitrogens with zero attached hydrogens (tertiary/aromatic N) is 1. The highest BCUT2D eigenvalue weighted by atomic mass is 35.5. The summed E-state index contributed by atoms with van der Waals surface area (Å²) in [5, 5.41) is 3.57. The Morgan fingerprint density at radius 3 is 2.67 bits per heavy atom. The fourth-order valence-electron chi connectivity index (χ4n) is 2.93. The first-order valence-corrected chi connectivity index (χ1v) is 8.33. The second-order valence-electron chi connectivity index (χ2n) is 6.03. The molecule has 2 aromatic carbocycles. The van der Waals surface area contributed by atoms with Crippen LogP contribution in [0.2, 0.25) is 5.02 Å². The number of benzene rings is 2. The minimum atomic E-state index is -0.345. The molecule has 5 heteroatoms. The third-order valence-corrected chi connectivity index (χ3v) is 4.51. The number of nitrogens with one attached hydrogen (secondary N) is 1. The van der Waals surface area contributed by atoms with Gasteiger partial charge in [-0.15, -0.1) is 0 Å². The van der Waals surface area contributed by atoms with E-state index in [9.17, 15) is 9.59 Å². The van der Waals surface area contributed by atoms with Crippen LogP contribution in [0.3, 0.4) is 0 Å². The van der Waals surface area contributed by atoms with E-state index in [0.29, 0.717) is 11.6 Å². The monoisotopic (exact) mass is 342 g/mol. The smallest absolute Gasteiger partial charge is 0.227 e. The van der Waals surface area contributed by atoms with Crippen LogP contribution in [0.5, 0.6) is 0 Å². The van der Waals surface area contributed by atoms with E-state index in [2.05, 4.69) is 5.32 Å². The van der Waals surface area contributed by atoms with E-state index in [-0.39, 0.29) is 30.2 Å². The van der Waals surface area contributed by atoms with E-state index in [1.807, 2.05) is 43.3 Å². The topological polar surface area (TPSA) is 49.4 Å². The Balaban J connectivity index is 1.66. The molecule has 2 atom stereocenters. The minimum Gasteiger partial charge on any atom is -0.349 e. The highest BCUT2D eigenvalue weighted by Crippen LogP contribution is 2.27. The average Bonchev–Trinajstić information content (AvgIpc) is 2.97. The summed E-state index contributed by atoms with van der Waals surface area (Å²) < 4.78 is 0. The highest BCUT2D eigenvalue weighted by Gasteiger charge is 2.35. The van der Waals surface area contributed by atoms with Gasteiger partial charge in [0, 0.05) is 23.7 Å². The lowest BCUT2D eigenvalue weighted by Gasteiger charge is -2.19. The molecule has 1 aliphatic rings. The van der Waals surface area contributed by atoms with Crippen LogP contribution in [0.25, 0.3) is 0 Å². The maximum atomic E-state index is 12.5. The Bertz CT molecular complexity index is 748. The summed E-state index contributed by atoms with van der Waals surface area (Å²) in [5.74, 6) is -0.489. The number of amides is 2. The number of halogens is 1. The van der Waals surface area contributed by atoms with Gasteiger partial charge in [-0.25, -0.2) is 0 Å². The van der Waals surface area contributed by atoms with E-state index >= 15 is 0 Å². The Labute approximate surface area is 146 Å². The number of anilines is 1. The number of hydrogen-bond acceptors (Lipinski definition) is 2. The van der Waals surface area contributed by atoms with Crippen molar-refractivity contribution >= 4 is 29.1 Å². The van der Waals surface area contributed by atoms with Gasteiger partial charge in [0.1, 0.15) is 0 Å². The van der Waals surface area contributed by atoms with Gasteiger partial charge in [0.05, 0.1) is 12.0 Å². The van der Waals surface area contributed by atoms with Crippen molar-refractivity contribution in [3.05, 3.63) is 65.2 Å². The zero-order valence-electron chi connectivity index (χ0n) is 13.4. The molecule has 0 spiro atoms. The summed E-state index contributed by atoms with van der Waals surface area (Å²) in [6, 6.07) is 16.8. The Kier molecular flexibility index (Phi) is 4.86. The molecule has 0 saturated carbocycles. The first-order chi connectivity index (χ1) is 11.5. The largest absolute Gasteiger partial charge is 0.349 e. The van der Waals surface area contributed by atoms with Crippen molar-refractivity contribution in [3.8, 4) is 0 Å². The summed E-state index contributed by atoms with van der Waals surface area (Å²) in [4.78, 5) is 26.4. The number of hydrogen-bond donors (Lipinski definition) is 1. The molecule has 4 nitrogen and oxygen atoms in total. The van der Waals surface area contributed by atoms with Crippen molar-refractivity contribution in [3.63, 3.8) is 0 Å². The summed E-state index contributed by atoms with van der Waals surface area (Å²) >= 11 is 5.99. The Morgan fingerprint density at radius 2 is 1.96 bits per heavy atom. The Hall–Kier alpha value is -2.33. The summed E-state index contributed by atoms with van der Waals surface area (Å²) in [6.07, 6.45) is 0.222. The molecule has 2 aromatic rings. The van der Waals surface area contributed by atoms with Crippen molar-refractivity contribution in [2.75, 3.05) is 11.4 Å². The predicted octanol–water partition coefficient (Wildman–Crippen LogP) is 3.57. The molecule has 1 aliphatic heterocycles. The molecule has 0 unspecified atom stereocenters. The maximum Gasteiger partial charge on any atom is 0.227 e. The summed E-state index contributed by atoms with van der Waals surface area (Å²) in [6.45, 7) is 2.32. The summed E-state index contributed by atoms with van der Waals surface area (Å²) in [5.41, 5.74) is 1.78. The third kappa shape index (κ3) is 3.60. The lowest BCUT2D eigenvalue weighted by atomic mass is 10.1. The molecule has 0 radical (unpaired) electrons. The average molecular weight is 343 g/mol. The molecule has 0 aromatic heterocycles. The van der Waals surface area contributed by atoms with Gasteiger partial charge >= 0.3 is 0 Å². The van der Waals surface area contributed by atoms with Crippen LogP contribution < -0.4 is 10.2 Å². The molecular weight excluding hydrogens is 324 g/mol. The molecular formula is C19H19ClN2O2. The highest BCUT2D eigenvalue weighted by molar-refractivity contribution is 6.30. The molecule has 1 heterocycles. The van der Waals surface area contributed by atoms with E-state index in [4.69, 9.17) is 11.6 Å². The van der Waals surface area contributed by atoms with Gasteiger partial charge in [0.15, 0.2) is 0 Å². The lowest BCUT2D eigenvalue weighted by Crippen LogP contribution is -2.34. The lowest BCUT2D eigenvalue weighted by molar-refractivity contribution is -0.126. The second kappa shape index (κ2) is 7.05. The summed E-state index contributed by atoms with van der Waals surface area (Å²) in [7, 11) is 0. The molecule has 1 saturated heterocycles. The van der Waals surface area contributed by atoms with Crippen molar-refractivity contribution in [2.45, 2.75) is 19.4 Å². The van der Waals surface area contributed by atoms with E-state index < -0.39 is 0 Å². The van der Waals surface area contributed by atoms with Crippen molar-refractivity contribution < 1.29 is 9.59 Å². The SMILES string of the molecule is C[C@@H](NC(=O)[C@H]1CC(=O)N(c2cccc(Cl)c2)C1)c1ccccc1. The standard InChI is InChI=1S/C19H19ClN2O2/c1-13(14-6-3-2-4-7-14)21-19(24)15-10-18(23)22(12-15)17-9-5-8-16(20)11-17/h2-9,11,13,15H,10,12H2,1H3,(H,21,24)/t13-,15+/m1/s1. The fourth-order valence-corrected chi connectivity index (χ4v) is 3.12. The molecule has 2 amide bonds. The second-order valence-corrected chi connectivity index (χ2v) is 6.46. The van der Waals surface area contributed by atoms with Crippen LogP contribution >= 0.6 is 11.6 Å². The molecule has 24 heavy (non-hydrogen) atoms. The van der Waals surface area contributed by atoms with Crippen LogP contribution in [0.4, 0.5) is 5.69 Å². The zero-order chi connectivity index (χ0) is 17.1. The van der Waals surface area contributed by atoms with Gasteiger partial charge in [0.2, 0.25) is 11.8 Å². The van der Waals surface area contributed by atoms with Crippen LogP contribution in [-0.2, 0) is 9.59 Å². The minimum absolute atomic E-state index is 0.0511. The molecule has 1 fully saturated rings. The maximum absolute atomic E-state index is 12.5. The van der Waals surface area contributed by atoms with Gasteiger partial charge in [-0.1, -0.05) is 48.0 Å². The first kappa shape index (κ1) is 16.5. The predicted molar refractivity (Wildman–Crippen MR) is 94.9 cm³/mol. The molecule has 124 valence electrons. The van der Waals surface area contributed by atoms with Crippen LogP contribution in [0, 0.1) is 5.92 Å². The van der Waals surface area contributed by atoms with E-state index in [1.54, 1.807) is 23.1 Å². The number of carbonyl (C=O) groups excluding carboxylic acids is 2. The van der Waals surface area contributed by atoms with Gasteiger partial charge in [-0.3, -0.25) is 9.59 Å². The number of carbonyl (C=O) groups is 2. The number of rotatable bonds is 4. The zero-order valence-corrected chi connectivity index (χ0v) is 14.2. The third-order valence-electron chi connectivity index (χ3n) is 4.27. The van der Waals surface area contributed by atoms with Crippen molar-refractivity contribution in [2.24, 2.45) is 5.92 Å². The molecule has 1 N–H and O–H groups in total. The van der Waals surface area contributed by atoms with Gasteiger partial charge in [-0.2, -0.15) is 0 Å². The fraction of sp³-hybridized carbons (Fsp3) is 0.263.